The molecule has 0 saturated heterocycles. The van der Waals surface area contributed by atoms with E-state index in [0.717, 1.165) is 36.8 Å². The molecular weight excluding hydrogens is 396 g/mol. The van der Waals surface area contributed by atoms with Gasteiger partial charge in [0.15, 0.2) is 0 Å². The lowest BCUT2D eigenvalue weighted by atomic mass is 9.94. The van der Waals surface area contributed by atoms with E-state index in [2.05, 4.69) is 5.32 Å². The molecule has 1 aliphatic carbocycles. The zero-order valence-corrected chi connectivity index (χ0v) is 18.4. The standard InChI is InChI=1S/C25H31ClN2O2/c1-2-24(29)28(18-20-12-9-13-21(26)16-20)23(17-19-10-5-3-6-11-19)25(30)27-22-14-7-4-8-15-22/h3,5-6,9-13,16,22-23H,2,4,7-8,14-15,17-18H2,1H3,(H,27,30)/t23-/m1/s1. The van der Waals surface area contributed by atoms with Crippen LogP contribution >= 0.6 is 11.6 Å². The van der Waals surface area contributed by atoms with Crippen LogP contribution in [-0.2, 0) is 22.6 Å². The van der Waals surface area contributed by atoms with Gasteiger partial charge < -0.3 is 10.2 Å². The first kappa shape index (κ1) is 22.4. The maximum absolute atomic E-state index is 13.4. The van der Waals surface area contributed by atoms with E-state index in [1.165, 1.54) is 6.42 Å². The van der Waals surface area contributed by atoms with Gasteiger partial charge in [0.25, 0.3) is 0 Å². The Balaban J connectivity index is 1.86. The molecule has 1 aliphatic rings. The molecule has 0 bridgehead atoms. The lowest BCUT2D eigenvalue weighted by Crippen LogP contribution is -2.52. The fourth-order valence-corrected chi connectivity index (χ4v) is 4.35. The summed E-state index contributed by atoms with van der Waals surface area (Å²) < 4.78 is 0. The second-order valence-electron chi connectivity index (χ2n) is 8.05. The quantitative estimate of drug-likeness (QED) is 0.635. The summed E-state index contributed by atoms with van der Waals surface area (Å²) in [5.74, 6) is -0.0933. The third-order valence-corrected chi connectivity index (χ3v) is 6.00. The summed E-state index contributed by atoms with van der Waals surface area (Å²) in [6.07, 6.45) is 6.39. The van der Waals surface area contributed by atoms with Gasteiger partial charge in [-0.3, -0.25) is 9.59 Å². The molecule has 2 aromatic carbocycles. The third kappa shape index (κ3) is 6.33. The van der Waals surface area contributed by atoms with Crippen LogP contribution in [0.25, 0.3) is 0 Å². The number of carbonyl (C=O) groups is 2. The predicted octanol–water partition coefficient (Wildman–Crippen LogP) is 5.14. The first-order chi connectivity index (χ1) is 14.6. The molecule has 0 radical (unpaired) electrons. The highest BCUT2D eigenvalue weighted by atomic mass is 35.5. The van der Waals surface area contributed by atoms with Crippen molar-refractivity contribution >= 4 is 23.4 Å². The van der Waals surface area contributed by atoms with Gasteiger partial charge in [-0.05, 0) is 36.1 Å². The first-order valence-corrected chi connectivity index (χ1v) is 11.3. The summed E-state index contributed by atoms with van der Waals surface area (Å²) in [5, 5.41) is 3.86. The van der Waals surface area contributed by atoms with Gasteiger partial charge in [0.1, 0.15) is 6.04 Å². The molecular formula is C25H31ClN2O2. The molecule has 2 amide bonds. The van der Waals surface area contributed by atoms with Crippen LogP contribution < -0.4 is 5.32 Å². The average Bonchev–Trinajstić information content (AvgIpc) is 2.77. The molecule has 4 nitrogen and oxygen atoms in total. The summed E-state index contributed by atoms with van der Waals surface area (Å²) in [6, 6.07) is 17.1. The maximum atomic E-state index is 13.4. The van der Waals surface area contributed by atoms with Gasteiger partial charge in [0, 0.05) is 30.5 Å². The van der Waals surface area contributed by atoms with E-state index in [4.69, 9.17) is 11.6 Å². The predicted molar refractivity (Wildman–Crippen MR) is 121 cm³/mol. The molecule has 1 atom stereocenters. The summed E-state index contributed by atoms with van der Waals surface area (Å²) in [6.45, 7) is 2.20. The monoisotopic (exact) mass is 426 g/mol. The number of hydrogen-bond acceptors (Lipinski definition) is 2. The molecule has 0 aliphatic heterocycles. The van der Waals surface area contributed by atoms with Crippen molar-refractivity contribution in [2.75, 3.05) is 0 Å². The highest BCUT2D eigenvalue weighted by molar-refractivity contribution is 6.30. The zero-order chi connectivity index (χ0) is 21.3. The van der Waals surface area contributed by atoms with Crippen LogP contribution in [-0.4, -0.2) is 28.8 Å². The van der Waals surface area contributed by atoms with E-state index in [0.29, 0.717) is 24.4 Å². The molecule has 3 rings (SSSR count). The molecule has 160 valence electrons. The SMILES string of the molecule is CCC(=O)N(Cc1cccc(Cl)c1)[C@H](Cc1ccccc1)C(=O)NC1CCCCC1. The van der Waals surface area contributed by atoms with Crippen molar-refractivity contribution < 1.29 is 9.59 Å². The van der Waals surface area contributed by atoms with Crippen molar-refractivity contribution in [3.8, 4) is 0 Å². The Kier molecular flexibility index (Phi) is 8.32. The molecule has 30 heavy (non-hydrogen) atoms. The van der Waals surface area contributed by atoms with Crippen LogP contribution in [0.3, 0.4) is 0 Å². The van der Waals surface area contributed by atoms with E-state index < -0.39 is 6.04 Å². The number of nitrogens with one attached hydrogen (secondary N) is 1. The van der Waals surface area contributed by atoms with Crippen LogP contribution in [0, 0.1) is 0 Å². The smallest absolute Gasteiger partial charge is 0.243 e. The fourth-order valence-electron chi connectivity index (χ4n) is 4.13. The number of amides is 2. The van der Waals surface area contributed by atoms with Gasteiger partial charge in [-0.15, -0.1) is 0 Å². The van der Waals surface area contributed by atoms with Gasteiger partial charge in [0.05, 0.1) is 0 Å². The third-order valence-electron chi connectivity index (χ3n) is 5.77. The molecule has 1 saturated carbocycles. The molecule has 2 aromatic rings. The Bertz CT molecular complexity index is 834. The lowest BCUT2D eigenvalue weighted by Gasteiger charge is -2.33. The minimum absolute atomic E-state index is 0.0327. The number of hydrogen-bond donors (Lipinski definition) is 1. The van der Waals surface area contributed by atoms with E-state index >= 15 is 0 Å². The van der Waals surface area contributed by atoms with Crippen molar-refractivity contribution in [2.24, 2.45) is 0 Å². The number of benzene rings is 2. The van der Waals surface area contributed by atoms with Crippen molar-refractivity contribution in [2.45, 2.75) is 70.5 Å². The van der Waals surface area contributed by atoms with Gasteiger partial charge in [-0.2, -0.15) is 0 Å². The Hall–Kier alpha value is -2.33. The van der Waals surface area contributed by atoms with Crippen LogP contribution in [0.15, 0.2) is 54.6 Å². The van der Waals surface area contributed by atoms with Crippen LogP contribution in [0.2, 0.25) is 5.02 Å². The highest BCUT2D eigenvalue weighted by Gasteiger charge is 2.31. The summed E-state index contributed by atoms with van der Waals surface area (Å²) >= 11 is 6.16. The topological polar surface area (TPSA) is 49.4 Å². The molecule has 0 aromatic heterocycles. The largest absolute Gasteiger partial charge is 0.352 e. The summed E-state index contributed by atoms with van der Waals surface area (Å²) in [4.78, 5) is 28.1. The Morgan fingerprint density at radius 1 is 1.03 bits per heavy atom. The fraction of sp³-hybridized carbons (Fsp3) is 0.440. The normalized spacial score (nSPS) is 15.4. The van der Waals surface area contributed by atoms with E-state index in [1.807, 2.05) is 61.5 Å². The Morgan fingerprint density at radius 3 is 2.40 bits per heavy atom. The zero-order valence-electron chi connectivity index (χ0n) is 17.6. The number of carbonyl (C=O) groups excluding carboxylic acids is 2. The number of rotatable bonds is 8. The minimum atomic E-state index is -0.555. The second kappa shape index (κ2) is 11.2. The van der Waals surface area contributed by atoms with Crippen molar-refractivity contribution in [1.82, 2.24) is 10.2 Å². The van der Waals surface area contributed by atoms with Crippen molar-refractivity contribution in [3.05, 3.63) is 70.7 Å². The van der Waals surface area contributed by atoms with Crippen LogP contribution in [0.1, 0.15) is 56.6 Å². The molecule has 1 fully saturated rings. The Labute approximate surface area is 184 Å². The van der Waals surface area contributed by atoms with E-state index in [1.54, 1.807) is 4.90 Å². The minimum Gasteiger partial charge on any atom is -0.352 e. The summed E-state index contributed by atoms with van der Waals surface area (Å²) in [7, 11) is 0. The highest BCUT2D eigenvalue weighted by Crippen LogP contribution is 2.21. The maximum Gasteiger partial charge on any atom is 0.243 e. The molecule has 0 unspecified atom stereocenters. The number of nitrogens with zero attached hydrogens (tertiary/aromatic N) is 1. The molecule has 0 spiro atoms. The second-order valence-corrected chi connectivity index (χ2v) is 8.49. The van der Waals surface area contributed by atoms with Crippen LogP contribution in [0.5, 0.6) is 0 Å². The van der Waals surface area contributed by atoms with E-state index in [9.17, 15) is 9.59 Å². The number of halogens is 1. The van der Waals surface area contributed by atoms with Crippen LogP contribution in [0.4, 0.5) is 0 Å². The van der Waals surface area contributed by atoms with Crippen molar-refractivity contribution in [3.63, 3.8) is 0 Å². The molecule has 0 heterocycles. The van der Waals surface area contributed by atoms with Gasteiger partial charge in [-0.25, -0.2) is 0 Å². The van der Waals surface area contributed by atoms with E-state index in [-0.39, 0.29) is 17.9 Å². The first-order valence-electron chi connectivity index (χ1n) is 10.9. The van der Waals surface area contributed by atoms with Gasteiger partial charge in [-0.1, -0.05) is 80.3 Å². The summed E-state index contributed by atoms with van der Waals surface area (Å²) in [5.41, 5.74) is 1.97. The van der Waals surface area contributed by atoms with Gasteiger partial charge >= 0.3 is 0 Å². The lowest BCUT2D eigenvalue weighted by molar-refractivity contribution is -0.141. The van der Waals surface area contributed by atoms with Crippen molar-refractivity contribution in [1.29, 1.82) is 0 Å². The molecule has 1 N–H and O–H groups in total. The molecule has 5 heteroatoms. The average molecular weight is 427 g/mol. The Morgan fingerprint density at radius 2 is 1.73 bits per heavy atom. The van der Waals surface area contributed by atoms with Gasteiger partial charge in [0.2, 0.25) is 11.8 Å².